The van der Waals surface area contributed by atoms with E-state index >= 15 is 0 Å². The fourth-order valence-electron chi connectivity index (χ4n) is 0.645. The molecule has 0 aliphatic carbocycles. The first-order valence-corrected chi connectivity index (χ1v) is 2.81. The van der Waals surface area contributed by atoms with Crippen molar-refractivity contribution in [2.45, 2.75) is 19.6 Å². The van der Waals surface area contributed by atoms with Gasteiger partial charge in [-0.1, -0.05) is 0 Å². The highest BCUT2D eigenvalue weighted by Gasteiger charge is 2.40. The lowest BCUT2D eigenvalue weighted by Crippen LogP contribution is -2.36. The molecule has 0 saturated heterocycles. The second-order valence-corrected chi connectivity index (χ2v) is 2.20. The predicted octanol–water partition coefficient (Wildman–Crippen LogP) is 0.695. The number of carboxylic acids is 1. The van der Waals surface area contributed by atoms with Crippen LogP contribution in [-0.4, -0.2) is 16.9 Å². The van der Waals surface area contributed by atoms with Gasteiger partial charge in [-0.2, -0.15) is 0 Å². The van der Waals surface area contributed by atoms with Crippen LogP contribution >= 0.6 is 0 Å². The van der Waals surface area contributed by atoms with E-state index in [4.69, 9.17) is 14.6 Å². The quantitative estimate of drug-likeness (QED) is 0.588. The molecule has 1 N–H and O–H groups in total. The maximum Gasteiger partial charge on any atom is 0.390 e. The van der Waals surface area contributed by atoms with E-state index in [1.807, 2.05) is 0 Å². The van der Waals surface area contributed by atoms with Gasteiger partial charge in [-0.15, -0.1) is 0 Å². The summed E-state index contributed by atoms with van der Waals surface area (Å²) in [6.07, 6.45) is 1.29. The van der Waals surface area contributed by atoms with E-state index in [9.17, 15) is 4.79 Å². The van der Waals surface area contributed by atoms with Crippen LogP contribution in [0.25, 0.3) is 0 Å². The number of carboxylic acid groups (broad SMARTS) is 1. The van der Waals surface area contributed by atoms with E-state index in [1.54, 1.807) is 6.92 Å². The van der Waals surface area contributed by atoms with Crippen molar-refractivity contribution in [2.24, 2.45) is 0 Å². The van der Waals surface area contributed by atoms with Crippen LogP contribution in [0.3, 0.4) is 0 Å². The number of aliphatic carboxylic acids is 1. The Labute approximate surface area is 58.1 Å². The van der Waals surface area contributed by atoms with Gasteiger partial charge in [0.2, 0.25) is 0 Å². The maximum absolute atomic E-state index is 10.4. The van der Waals surface area contributed by atoms with E-state index in [0.29, 0.717) is 5.76 Å². The molecule has 4 heteroatoms. The molecule has 0 aromatic heterocycles. The van der Waals surface area contributed by atoms with Crippen molar-refractivity contribution < 1.29 is 19.4 Å². The van der Waals surface area contributed by atoms with Gasteiger partial charge in [-0.25, -0.2) is 4.79 Å². The number of rotatable bonds is 1. The Kier molecular flexibility index (Phi) is 1.31. The first kappa shape index (κ1) is 6.92. The molecule has 0 spiro atoms. The second kappa shape index (κ2) is 1.90. The Morgan fingerprint density at radius 3 is 2.60 bits per heavy atom. The standard InChI is InChI=1S/C6H8O4/c1-4-3-9-6(2,10-4)5(7)8/h3H,1-2H3,(H,7,8). The summed E-state index contributed by atoms with van der Waals surface area (Å²) in [4.78, 5) is 10.4. The maximum atomic E-state index is 10.4. The first-order chi connectivity index (χ1) is 4.54. The lowest BCUT2D eigenvalue weighted by molar-refractivity contribution is -0.191. The van der Waals surface area contributed by atoms with Gasteiger partial charge in [-0.3, -0.25) is 0 Å². The molecule has 56 valence electrons. The van der Waals surface area contributed by atoms with Crippen molar-refractivity contribution in [3.8, 4) is 0 Å². The van der Waals surface area contributed by atoms with Crippen LogP contribution in [0.4, 0.5) is 0 Å². The minimum absolute atomic E-state index is 0.477. The van der Waals surface area contributed by atoms with Crippen LogP contribution in [0.1, 0.15) is 13.8 Å². The Morgan fingerprint density at radius 1 is 1.80 bits per heavy atom. The van der Waals surface area contributed by atoms with Gasteiger partial charge in [0.05, 0.1) is 0 Å². The van der Waals surface area contributed by atoms with Gasteiger partial charge < -0.3 is 14.6 Å². The van der Waals surface area contributed by atoms with Gasteiger partial charge in [0.1, 0.15) is 12.0 Å². The van der Waals surface area contributed by atoms with Crippen LogP contribution in [0, 0.1) is 0 Å². The number of hydrogen-bond acceptors (Lipinski definition) is 3. The van der Waals surface area contributed by atoms with E-state index < -0.39 is 11.8 Å². The van der Waals surface area contributed by atoms with Crippen LogP contribution in [-0.2, 0) is 14.3 Å². The van der Waals surface area contributed by atoms with Crippen molar-refractivity contribution in [1.29, 1.82) is 0 Å². The Balaban J connectivity index is 2.70. The topological polar surface area (TPSA) is 55.8 Å². The number of hydrogen-bond donors (Lipinski definition) is 1. The summed E-state index contributed by atoms with van der Waals surface area (Å²) in [5, 5.41) is 8.51. The zero-order valence-corrected chi connectivity index (χ0v) is 5.75. The summed E-state index contributed by atoms with van der Waals surface area (Å²) < 4.78 is 9.58. The van der Waals surface area contributed by atoms with Crippen LogP contribution in [0.5, 0.6) is 0 Å². The Morgan fingerprint density at radius 2 is 2.40 bits per heavy atom. The highest BCUT2D eigenvalue weighted by Crippen LogP contribution is 2.24. The highest BCUT2D eigenvalue weighted by molar-refractivity contribution is 5.75. The van der Waals surface area contributed by atoms with Crippen molar-refractivity contribution in [3.63, 3.8) is 0 Å². The number of ether oxygens (including phenoxy) is 2. The van der Waals surface area contributed by atoms with Gasteiger partial charge in [-0.05, 0) is 6.92 Å². The zero-order chi connectivity index (χ0) is 7.78. The van der Waals surface area contributed by atoms with Gasteiger partial charge in [0.25, 0.3) is 0 Å². The molecule has 1 atom stereocenters. The lowest BCUT2D eigenvalue weighted by Gasteiger charge is -2.17. The van der Waals surface area contributed by atoms with Crippen LogP contribution in [0.2, 0.25) is 0 Å². The molecule has 10 heavy (non-hydrogen) atoms. The zero-order valence-electron chi connectivity index (χ0n) is 5.75. The summed E-state index contributed by atoms with van der Waals surface area (Å²) in [7, 11) is 0. The first-order valence-electron chi connectivity index (χ1n) is 2.81. The molecule has 0 aromatic carbocycles. The van der Waals surface area contributed by atoms with Gasteiger partial charge in [0.15, 0.2) is 0 Å². The van der Waals surface area contributed by atoms with E-state index in [1.165, 1.54) is 13.2 Å². The third kappa shape index (κ3) is 0.920. The summed E-state index contributed by atoms with van der Waals surface area (Å²) in [5.74, 6) is -2.16. The molecule has 4 nitrogen and oxygen atoms in total. The summed E-state index contributed by atoms with van der Waals surface area (Å²) >= 11 is 0. The lowest BCUT2D eigenvalue weighted by atomic mass is 10.3. The molecule has 1 rings (SSSR count). The monoisotopic (exact) mass is 144 g/mol. The third-order valence-corrected chi connectivity index (χ3v) is 1.19. The van der Waals surface area contributed by atoms with Gasteiger partial charge >= 0.3 is 11.8 Å². The molecule has 1 unspecified atom stereocenters. The largest absolute Gasteiger partial charge is 0.475 e. The molecule has 0 amide bonds. The molecule has 1 aliphatic heterocycles. The Bertz CT molecular complexity index is 196. The summed E-state index contributed by atoms with van der Waals surface area (Å²) in [6, 6.07) is 0. The molecule has 0 radical (unpaired) electrons. The van der Waals surface area contributed by atoms with Crippen LogP contribution in [0.15, 0.2) is 12.0 Å². The molecular weight excluding hydrogens is 136 g/mol. The van der Waals surface area contributed by atoms with Gasteiger partial charge in [0, 0.05) is 6.92 Å². The SMILES string of the molecule is CC1=COC(C)(C(=O)O)O1. The van der Waals surface area contributed by atoms with Crippen LogP contribution < -0.4 is 0 Å². The molecule has 1 aliphatic rings. The minimum Gasteiger partial charge on any atom is -0.475 e. The molecule has 0 saturated carbocycles. The number of carbonyl (C=O) groups is 1. The highest BCUT2D eigenvalue weighted by atomic mass is 16.7. The summed E-state index contributed by atoms with van der Waals surface area (Å²) in [5.41, 5.74) is 0. The normalized spacial score (nSPS) is 30.4. The second-order valence-electron chi connectivity index (χ2n) is 2.20. The fourth-order valence-corrected chi connectivity index (χ4v) is 0.645. The average Bonchev–Trinajstić information content (AvgIpc) is 2.13. The molecule has 0 bridgehead atoms. The molecular formula is C6H8O4. The fraction of sp³-hybridized carbons (Fsp3) is 0.500. The average molecular weight is 144 g/mol. The Hall–Kier alpha value is -1.19. The smallest absolute Gasteiger partial charge is 0.390 e. The summed E-state index contributed by atoms with van der Waals surface area (Å²) in [6.45, 7) is 2.98. The number of allylic oxidation sites excluding steroid dienone is 1. The van der Waals surface area contributed by atoms with E-state index in [2.05, 4.69) is 0 Å². The third-order valence-electron chi connectivity index (χ3n) is 1.19. The molecule has 0 aromatic rings. The predicted molar refractivity (Wildman–Crippen MR) is 32.0 cm³/mol. The molecule has 1 heterocycles. The van der Waals surface area contributed by atoms with Crippen molar-refractivity contribution in [2.75, 3.05) is 0 Å². The minimum atomic E-state index is -1.51. The molecule has 0 fully saturated rings. The van der Waals surface area contributed by atoms with Crippen molar-refractivity contribution in [3.05, 3.63) is 12.0 Å². The van der Waals surface area contributed by atoms with E-state index in [0.717, 1.165) is 0 Å². The van der Waals surface area contributed by atoms with Crippen molar-refractivity contribution >= 4 is 5.97 Å². The van der Waals surface area contributed by atoms with E-state index in [-0.39, 0.29) is 0 Å². The van der Waals surface area contributed by atoms with Crippen molar-refractivity contribution in [1.82, 2.24) is 0 Å².